The van der Waals surface area contributed by atoms with Crippen LogP contribution in [0.15, 0.2) is 30.5 Å². The topological polar surface area (TPSA) is 90.5 Å². The summed E-state index contributed by atoms with van der Waals surface area (Å²) in [6, 6.07) is 7.31. The summed E-state index contributed by atoms with van der Waals surface area (Å²) in [5, 5.41) is 4.29. The van der Waals surface area contributed by atoms with Crippen LogP contribution in [-0.4, -0.2) is 46.6 Å². The zero-order chi connectivity index (χ0) is 19.0. The number of Topliss-reactive ketones (excluding diaryl/α,β-unsaturated/α-hetero) is 1. The molecule has 1 atom stereocenters. The Labute approximate surface area is 158 Å². The van der Waals surface area contributed by atoms with E-state index in [1.54, 1.807) is 11.8 Å². The van der Waals surface area contributed by atoms with Gasteiger partial charge in [0.25, 0.3) is 0 Å². The van der Waals surface area contributed by atoms with Gasteiger partial charge in [0.15, 0.2) is 5.78 Å². The van der Waals surface area contributed by atoms with E-state index in [1.807, 2.05) is 29.2 Å². The number of carbonyl (C=O) groups is 2. The lowest BCUT2D eigenvalue weighted by Gasteiger charge is -2.29. The minimum absolute atomic E-state index is 0.0313. The zero-order valence-electron chi connectivity index (χ0n) is 15.4. The summed E-state index contributed by atoms with van der Waals surface area (Å²) in [4.78, 5) is 27.2. The summed E-state index contributed by atoms with van der Waals surface area (Å²) in [5.41, 5.74) is 7.40. The van der Waals surface area contributed by atoms with Crippen LogP contribution in [0.3, 0.4) is 0 Å². The average Bonchev–Trinajstić information content (AvgIpc) is 3.27. The van der Waals surface area contributed by atoms with Gasteiger partial charge in [0.2, 0.25) is 5.91 Å². The Morgan fingerprint density at radius 2 is 1.89 bits per heavy atom. The minimum atomic E-state index is -0.204. The lowest BCUT2D eigenvalue weighted by atomic mass is 9.84. The molecule has 1 aromatic carbocycles. The number of hydrogen-bond donors (Lipinski definition) is 1. The van der Waals surface area contributed by atoms with E-state index >= 15 is 0 Å². The fourth-order valence-corrected chi connectivity index (χ4v) is 3.78. The molecule has 2 N–H and O–H groups in total. The van der Waals surface area contributed by atoms with Crippen molar-refractivity contribution in [1.82, 2.24) is 14.7 Å². The number of ketones is 1. The second-order valence-corrected chi connectivity index (χ2v) is 7.32. The van der Waals surface area contributed by atoms with Crippen molar-refractivity contribution >= 4 is 17.5 Å². The largest absolute Gasteiger partial charge is 0.497 e. The molecule has 1 saturated carbocycles. The van der Waals surface area contributed by atoms with Crippen molar-refractivity contribution in [2.75, 3.05) is 25.9 Å². The lowest BCUT2D eigenvalue weighted by Crippen LogP contribution is -2.37. The molecule has 0 radical (unpaired) electrons. The van der Waals surface area contributed by atoms with Crippen molar-refractivity contribution < 1.29 is 14.3 Å². The Hall–Kier alpha value is -2.83. The lowest BCUT2D eigenvalue weighted by molar-refractivity contribution is -0.137. The maximum Gasteiger partial charge on any atom is 0.225 e. The van der Waals surface area contributed by atoms with Crippen molar-refractivity contribution in [2.45, 2.75) is 25.7 Å². The second-order valence-electron chi connectivity index (χ2n) is 7.32. The molecular weight excluding hydrogens is 344 g/mol. The van der Waals surface area contributed by atoms with Crippen LogP contribution in [0, 0.1) is 11.8 Å². The van der Waals surface area contributed by atoms with Crippen LogP contribution in [0.5, 0.6) is 5.75 Å². The Bertz CT molecular complexity index is 855. The van der Waals surface area contributed by atoms with E-state index in [1.165, 1.54) is 6.20 Å². The maximum atomic E-state index is 12.9. The Morgan fingerprint density at radius 1 is 1.15 bits per heavy atom. The smallest absolute Gasteiger partial charge is 0.225 e. The molecule has 0 bridgehead atoms. The van der Waals surface area contributed by atoms with Crippen LogP contribution < -0.4 is 10.5 Å². The molecule has 2 aromatic rings. The highest BCUT2D eigenvalue weighted by molar-refractivity contribution is 6.02. The van der Waals surface area contributed by atoms with E-state index in [9.17, 15) is 9.59 Å². The van der Waals surface area contributed by atoms with Gasteiger partial charge < -0.3 is 15.4 Å². The Kier molecular flexibility index (Phi) is 4.59. The van der Waals surface area contributed by atoms with E-state index < -0.39 is 0 Å². The third-order valence-corrected chi connectivity index (χ3v) is 5.71. The SMILES string of the molecule is COc1ccc(-n2ncc(C(=O)[C@@H]3CCN(C(=O)C4CCC4)C3)c2N)cc1. The van der Waals surface area contributed by atoms with Crippen molar-refractivity contribution in [1.29, 1.82) is 0 Å². The number of nitrogens with zero attached hydrogens (tertiary/aromatic N) is 3. The summed E-state index contributed by atoms with van der Waals surface area (Å²) in [6.45, 7) is 1.14. The molecule has 2 fully saturated rings. The predicted octanol–water partition coefficient (Wildman–Crippen LogP) is 2.29. The number of ether oxygens (including phenoxy) is 1. The molecule has 0 spiro atoms. The van der Waals surface area contributed by atoms with Crippen molar-refractivity contribution in [3.8, 4) is 11.4 Å². The highest BCUT2D eigenvalue weighted by atomic mass is 16.5. The number of anilines is 1. The Morgan fingerprint density at radius 3 is 2.52 bits per heavy atom. The maximum absolute atomic E-state index is 12.9. The first kappa shape index (κ1) is 17.6. The molecule has 1 aliphatic heterocycles. The normalized spacial score (nSPS) is 19.7. The Balaban J connectivity index is 1.48. The number of aromatic nitrogens is 2. The summed E-state index contributed by atoms with van der Waals surface area (Å²) >= 11 is 0. The van der Waals surface area contributed by atoms with Crippen LogP contribution in [0.1, 0.15) is 36.0 Å². The molecule has 4 rings (SSSR count). The fourth-order valence-electron chi connectivity index (χ4n) is 3.78. The summed E-state index contributed by atoms with van der Waals surface area (Å²) < 4.78 is 6.71. The predicted molar refractivity (Wildman–Crippen MR) is 101 cm³/mol. The van der Waals surface area contributed by atoms with E-state index in [0.717, 1.165) is 30.7 Å². The molecular formula is C20H24N4O3. The monoisotopic (exact) mass is 368 g/mol. The van der Waals surface area contributed by atoms with Crippen molar-refractivity contribution in [3.05, 3.63) is 36.0 Å². The van der Waals surface area contributed by atoms with E-state index in [4.69, 9.17) is 10.5 Å². The number of nitrogens with two attached hydrogens (primary N) is 1. The molecule has 27 heavy (non-hydrogen) atoms. The fraction of sp³-hybridized carbons (Fsp3) is 0.450. The first-order valence-electron chi connectivity index (χ1n) is 9.39. The van der Waals surface area contributed by atoms with Gasteiger partial charge in [-0.1, -0.05) is 6.42 Å². The molecule has 7 heteroatoms. The molecule has 1 aromatic heterocycles. The van der Waals surface area contributed by atoms with Crippen molar-refractivity contribution in [3.63, 3.8) is 0 Å². The van der Waals surface area contributed by atoms with Crippen LogP contribution in [0.4, 0.5) is 5.82 Å². The first-order valence-corrected chi connectivity index (χ1v) is 9.39. The molecule has 1 amide bonds. The van der Waals surface area contributed by atoms with E-state index in [2.05, 4.69) is 5.10 Å². The highest BCUT2D eigenvalue weighted by Gasteiger charge is 2.37. The van der Waals surface area contributed by atoms with Gasteiger partial charge in [0.1, 0.15) is 11.6 Å². The average molecular weight is 368 g/mol. The number of hydrogen-bond acceptors (Lipinski definition) is 5. The quantitative estimate of drug-likeness (QED) is 0.818. The molecule has 0 unspecified atom stereocenters. The molecule has 2 heterocycles. The van der Waals surface area contributed by atoms with Crippen molar-refractivity contribution in [2.24, 2.45) is 11.8 Å². The number of likely N-dealkylation sites (tertiary alicyclic amines) is 1. The van der Waals surface area contributed by atoms with E-state index in [-0.39, 0.29) is 23.5 Å². The van der Waals surface area contributed by atoms with Gasteiger partial charge in [-0.05, 0) is 43.5 Å². The third-order valence-electron chi connectivity index (χ3n) is 5.71. The van der Waals surface area contributed by atoms with Crippen LogP contribution in [0.25, 0.3) is 5.69 Å². The summed E-state index contributed by atoms with van der Waals surface area (Å²) in [6.07, 6.45) is 5.31. The number of nitrogen functional groups attached to an aromatic ring is 1. The molecule has 1 aliphatic carbocycles. The van der Waals surface area contributed by atoms with Gasteiger partial charge in [-0.15, -0.1) is 0 Å². The van der Waals surface area contributed by atoms with Crippen LogP contribution >= 0.6 is 0 Å². The summed E-state index contributed by atoms with van der Waals surface area (Å²) in [5.74, 6) is 1.21. The molecule has 7 nitrogen and oxygen atoms in total. The van der Waals surface area contributed by atoms with Crippen LogP contribution in [0.2, 0.25) is 0 Å². The highest BCUT2D eigenvalue weighted by Crippen LogP contribution is 2.32. The van der Waals surface area contributed by atoms with Gasteiger partial charge >= 0.3 is 0 Å². The minimum Gasteiger partial charge on any atom is -0.497 e. The van der Waals surface area contributed by atoms with Crippen LogP contribution in [-0.2, 0) is 4.79 Å². The van der Waals surface area contributed by atoms with E-state index in [0.29, 0.717) is 30.9 Å². The van der Waals surface area contributed by atoms with Gasteiger partial charge in [0, 0.05) is 24.9 Å². The number of benzene rings is 1. The number of amides is 1. The number of rotatable bonds is 5. The third kappa shape index (κ3) is 3.18. The molecule has 2 aliphatic rings. The first-order chi connectivity index (χ1) is 13.1. The van der Waals surface area contributed by atoms with Gasteiger partial charge in [-0.2, -0.15) is 5.10 Å². The standard InChI is InChI=1S/C20H24N4O3/c1-27-16-7-5-15(6-8-16)24-19(21)17(11-22-24)18(25)14-9-10-23(12-14)20(26)13-3-2-4-13/h5-8,11,13-14H,2-4,9-10,12,21H2,1H3/t14-/m1/s1. The number of carbonyl (C=O) groups excluding carboxylic acids is 2. The van der Waals surface area contributed by atoms with Gasteiger partial charge in [0.05, 0.1) is 24.6 Å². The molecule has 142 valence electrons. The summed E-state index contributed by atoms with van der Waals surface area (Å²) in [7, 11) is 1.61. The zero-order valence-corrected chi connectivity index (χ0v) is 15.4. The number of methoxy groups -OCH3 is 1. The second kappa shape index (κ2) is 7.06. The van der Waals surface area contributed by atoms with Gasteiger partial charge in [-0.3, -0.25) is 9.59 Å². The molecule has 1 saturated heterocycles. The van der Waals surface area contributed by atoms with Gasteiger partial charge in [-0.25, -0.2) is 4.68 Å².